The quantitative estimate of drug-likeness (QED) is 0.912. The molecule has 1 atom stereocenters. The molecular formula is C20H22N2O2. The van der Waals surface area contributed by atoms with E-state index >= 15 is 0 Å². The second kappa shape index (κ2) is 6.87. The van der Waals surface area contributed by atoms with E-state index in [1.807, 2.05) is 62.4 Å². The van der Waals surface area contributed by atoms with Gasteiger partial charge in [-0.2, -0.15) is 0 Å². The lowest BCUT2D eigenvalue weighted by atomic mass is 9.95. The van der Waals surface area contributed by atoms with Crippen molar-refractivity contribution in [3.8, 4) is 0 Å². The van der Waals surface area contributed by atoms with E-state index < -0.39 is 0 Å². The van der Waals surface area contributed by atoms with Crippen LogP contribution >= 0.6 is 0 Å². The molecule has 3 rings (SSSR count). The first-order valence-corrected chi connectivity index (χ1v) is 8.43. The molecule has 0 radical (unpaired) electrons. The van der Waals surface area contributed by atoms with Gasteiger partial charge in [-0.1, -0.05) is 37.3 Å². The molecule has 0 fully saturated rings. The molecule has 0 aliphatic carbocycles. The first kappa shape index (κ1) is 16.2. The molecule has 124 valence electrons. The average Bonchev–Trinajstić information content (AvgIpc) is 2.90. The summed E-state index contributed by atoms with van der Waals surface area (Å²) >= 11 is 0. The number of amides is 2. The molecule has 0 saturated heterocycles. The summed E-state index contributed by atoms with van der Waals surface area (Å²) in [6.45, 7) is 4.65. The van der Waals surface area contributed by atoms with Crippen molar-refractivity contribution in [2.24, 2.45) is 0 Å². The van der Waals surface area contributed by atoms with Gasteiger partial charge in [-0.15, -0.1) is 0 Å². The van der Waals surface area contributed by atoms with Crippen molar-refractivity contribution in [3.05, 3.63) is 59.7 Å². The van der Waals surface area contributed by atoms with E-state index in [0.717, 1.165) is 28.9 Å². The van der Waals surface area contributed by atoms with Crippen LogP contribution in [-0.2, 0) is 16.0 Å². The summed E-state index contributed by atoms with van der Waals surface area (Å²) in [5.41, 5.74) is 3.70. The molecule has 1 aliphatic heterocycles. The Morgan fingerprint density at radius 2 is 1.92 bits per heavy atom. The number of anilines is 2. The highest BCUT2D eigenvalue weighted by Gasteiger charge is 2.26. The predicted molar refractivity (Wildman–Crippen MR) is 96.3 cm³/mol. The monoisotopic (exact) mass is 322 g/mol. The Hall–Kier alpha value is -2.62. The summed E-state index contributed by atoms with van der Waals surface area (Å²) in [7, 11) is 0. The summed E-state index contributed by atoms with van der Waals surface area (Å²) in [6, 6.07) is 15.5. The molecule has 2 amide bonds. The number of fused-ring (bicyclic) bond motifs is 1. The van der Waals surface area contributed by atoms with Crippen LogP contribution < -0.4 is 10.2 Å². The van der Waals surface area contributed by atoms with Gasteiger partial charge in [-0.05, 0) is 42.7 Å². The fraction of sp³-hybridized carbons (Fsp3) is 0.300. The third kappa shape index (κ3) is 3.04. The maximum absolute atomic E-state index is 12.6. The fourth-order valence-electron chi connectivity index (χ4n) is 3.29. The topological polar surface area (TPSA) is 49.4 Å². The molecule has 2 aromatic rings. The van der Waals surface area contributed by atoms with E-state index in [4.69, 9.17) is 0 Å². The van der Waals surface area contributed by atoms with Gasteiger partial charge in [-0.25, -0.2) is 0 Å². The number of hydrogen-bond donors (Lipinski definition) is 1. The number of nitrogens with one attached hydrogen (secondary N) is 1. The van der Waals surface area contributed by atoms with Gasteiger partial charge < -0.3 is 10.2 Å². The third-order valence-corrected chi connectivity index (χ3v) is 4.52. The van der Waals surface area contributed by atoms with Gasteiger partial charge in [0, 0.05) is 17.9 Å². The minimum Gasteiger partial charge on any atom is -0.326 e. The van der Waals surface area contributed by atoms with Crippen LogP contribution in [0.15, 0.2) is 48.5 Å². The van der Waals surface area contributed by atoms with E-state index in [9.17, 15) is 9.59 Å². The number of likely N-dealkylation sites (N-methyl/N-ethyl adjacent to an activating group) is 1. The van der Waals surface area contributed by atoms with E-state index in [1.54, 1.807) is 4.90 Å². The maximum atomic E-state index is 12.6. The second-order valence-corrected chi connectivity index (χ2v) is 6.02. The van der Waals surface area contributed by atoms with Gasteiger partial charge in [0.15, 0.2) is 0 Å². The van der Waals surface area contributed by atoms with Crippen LogP contribution in [0.2, 0.25) is 0 Å². The van der Waals surface area contributed by atoms with Gasteiger partial charge in [0.05, 0.1) is 12.3 Å². The van der Waals surface area contributed by atoms with Crippen LogP contribution in [0.1, 0.15) is 37.3 Å². The molecule has 0 spiro atoms. The van der Waals surface area contributed by atoms with Crippen LogP contribution in [0.3, 0.4) is 0 Å². The fourth-order valence-corrected chi connectivity index (χ4v) is 3.29. The Balaban J connectivity index is 1.78. The zero-order valence-corrected chi connectivity index (χ0v) is 14.1. The number of carbonyl (C=O) groups is 2. The number of hydrogen-bond acceptors (Lipinski definition) is 2. The van der Waals surface area contributed by atoms with E-state index in [-0.39, 0.29) is 17.7 Å². The van der Waals surface area contributed by atoms with E-state index in [1.165, 1.54) is 0 Å². The molecule has 0 bridgehead atoms. The Labute approximate surface area is 142 Å². The van der Waals surface area contributed by atoms with Crippen molar-refractivity contribution < 1.29 is 9.59 Å². The summed E-state index contributed by atoms with van der Waals surface area (Å²) < 4.78 is 0. The second-order valence-electron chi connectivity index (χ2n) is 6.02. The first-order valence-electron chi connectivity index (χ1n) is 8.43. The van der Waals surface area contributed by atoms with Gasteiger partial charge in [0.1, 0.15) is 0 Å². The number of rotatable bonds is 5. The molecule has 0 saturated carbocycles. The molecular weight excluding hydrogens is 300 g/mol. The highest BCUT2D eigenvalue weighted by atomic mass is 16.2. The van der Waals surface area contributed by atoms with Crippen LogP contribution in [0.4, 0.5) is 11.4 Å². The number of nitrogens with zero attached hydrogens (tertiary/aromatic N) is 1. The molecule has 1 aliphatic rings. The SMILES string of the molecule is CCC(C(=O)Nc1ccc2c(c1)CC(=O)N2CC)c1ccccc1. The summed E-state index contributed by atoms with van der Waals surface area (Å²) in [6.07, 6.45) is 1.14. The Morgan fingerprint density at radius 1 is 1.17 bits per heavy atom. The van der Waals surface area contributed by atoms with Gasteiger partial charge in [0.25, 0.3) is 0 Å². The number of carbonyl (C=O) groups excluding carboxylic acids is 2. The van der Waals surface area contributed by atoms with Gasteiger partial charge in [-0.3, -0.25) is 9.59 Å². The highest BCUT2D eigenvalue weighted by Crippen LogP contribution is 2.31. The van der Waals surface area contributed by atoms with Crippen LogP contribution in [0, 0.1) is 0 Å². The normalized spacial score (nSPS) is 14.4. The largest absolute Gasteiger partial charge is 0.326 e. The maximum Gasteiger partial charge on any atom is 0.231 e. The average molecular weight is 322 g/mol. The molecule has 1 heterocycles. The van der Waals surface area contributed by atoms with Crippen LogP contribution in [-0.4, -0.2) is 18.4 Å². The lowest BCUT2D eigenvalue weighted by Crippen LogP contribution is -2.25. The van der Waals surface area contributed by atoms with E-state index in [2.05, 4.69) is 5.32 Å². The molecule has 4 heteroatoms. The van der Waals surface area contributed by atoms with Crippen molar-refractivity contribution in [1.29, 1.82) is 0 Å². The molecule has 4 nitrogen and oxygen atoms in total. The zero-order chi connectivity index (χ0) is 17.1. The Morgan fingerprint density at radius 3 is 2.58 bits per heavy atom. The summed E-state index contributed by atoms with van der Waals surface area (Å²) in [5, 5.41) is 3.00. The van der Waals surface area contributed by atoms with Crippen molar-refractivity contribution in [2.75, 3.05) is 16.8 Å². The van der Waals surface area contributed by atoms with Crippen LogP contribution in [0.25, 0.3) is 0 Å². The smallest absolute Gasteiger partial charge is 0.231 e. The number of benzene rings is 2. The summed E-state index contributed by atoms with van der Waals surface area (Å²) in [5.74, 6) is -0.0692. The van der Waals surface area contributed by atoms with Crippen molar-refractivity contribution in [2.45, 2.75) is 32.6 Å². The third-order valence-electron chi connectivity index (χ3n) is 4.52. The Bertz CT molecular complexity index is 755. The van der Waals surface area contributed by atoms with Gasteiger partial charge >= 0.3 is 0 Å². The molecule has 1 N–H and O–H groups in total. The Kier molecular flexibility index (Phi) is 4.65. The standard InChI is InChI=1S/C20H22N2O2/c1-3-17(14-8-6-5-7-9-14)20(24)21-16-10-11-18-15(12-16)13-19(23)22(18)4-2/h5-12,17H,3-4,13H2,1-2H3,(H,21,24). The highest BCUT2D eigenvalue weighted by molar-refractivity contribution is 6.02. The zero-order valence-electron chi connectivity index (χ0n) is 14.1. The lowest BCUT2D eigenvalue weighted by molar-refractivity contribution is -0.118. The minimum atomic E-state index is -0.173. The van der Waals surface area contributed by atoms with E-state index in [0.29, 0.717) is 13.0 Å². The summed E-state index contributed by atoms with van der Waals surface area (Å²) in [4.78, 5) is 26.4. The van der Waals surface area contributed by atoms with Crippen LogP contribution in [0.5, 0.6) is 0 Å². The first-order chi connectivity index (χ1) is 11.6. The lowest BCUT2D eigenvalue weighted by Gasteiger charge is -2.17. The van der Waals surface area contributed by atoms with Gasteiger partial charge in [0.2, 0.25) is 11.8 Å². The molecule has 2 aromatic carbocycles. The molecule has 24 heavy (non-hydrogen) atoms. The minimum absolute atomic E-state index is 0.0136. The molecule has 1 unspecified atom stereocenters. The molecule has 0 aromatic heterocycles. The predicted octanol–water partition coefficient (Wildman–Crippen LogP) is 3.73. The van der Waals surface area contributed by atoms with Crippen molar-refractivity contribution in [3.63, 3.8) is 0 Å². The van der Waals surface area contributed by atoms with Crippen molar-refractivity contribution in [1.82, 2.24) is 0 Å². The van der Waals surface area contributed by atoms with Crippen molar-refractivity contribution >= 4 is 23.2 Å².